The third-order valence-corrected chi connectivity index (χ3v) is 5.66. The molecule has 1 atom stereocenters. The van der Waals surface area contributed by atoms with Crippen LogP contribution in [0.1, 0.15) is 49.5 Å². The predicted molar refractivity (Wildman–Crippen MR) is 110 cm³/mol. The molecule has 0 saturated heterocycles. The van der Waals surface area contributed by atoms with Crippen LogP contribution in [-0.2, 0) is 0 Å². The van der Waals surface area contributed by atoms with Gasteiger partial charge in [0.05, 0.1) is 0 Å². The Bertz CT molecular complexity index is 1050. The molecule has 0 aliphatic heterocycles. The van der Waals surface area contributed by atoms with Gasteiger partial charge in [-0.1, -0.05) is 43.5 Å². The molecule has 7 nitrogen and oxygen atoms in total. The highest BCUT2D eigenvalue weighted by Crippen LogP contribution is 2.30. The van der Waals surface area contributed by atoms with Crippen molar-refractivity contribution in [2.45, 2.75) is 45.1 Å². The number of carbonyl (C=O) groups excluding carboxylic acids is 1. The summed E-state index contributed by atoms with van der Waals surface area (Å²) in [6, 6.07) is 9.44. The predicted octanol–water partition coefficient (Wildman–Crippen LogP) is 3.80. The molecule has 1 fully saturated rings. The fourth-order valence-corrected chi connectivity index (χ4v) is 3.95. The number of benzene rings is 1. The first kappa shape index (κ1) is 19.1. The second-order valence-corrected chi connectivity index (χ2v) is 7.64. The van der Waals surface area contributed by atoms with E-state index in [0.29, 0.717) is 11.6 Å². The highest BCUT2D eigenvalue weighted by molar-refractivity contribution is 5.96. The van der Waals surface area contributed by atoms with Crippen molar-refractivity contribution in [2.75, 3.05) is 0 Å². The average molecular weight is 392 g/mol. The molecule has 0 radical (unpaired) electrons. The van der Waals surface area contributed by atoms with E-state index in [4.69, 9.17) is 0 Å². The summed E-state index contributed by atoms with van der Waals surface area (Å²) in [4.78, 5) is 25.2. The van der Waals surface area contributed by atoms with Gasteiger partial charge in [0.1, 0.15) is 5.69 Å². The van der Waals surface area contributed by atoms with Crippen molar-refractivity contribution in [2.24, 2.45) is 5.92 Å². The molecular formula is C22H24N4O3. The van der Waals surface area contributed by atoms with Crippen LogP contribution in [0.5, 0.6) is 11.6 Å². The van der Waals surface area contributed by atoms with Crippen LogP contribution in [0.4, 0.5) is 0 Å². The Morgan fingerprint density at radius 3 is 2.59 bits per heavy atom. The Hall–Kier alpha value is -3.22. The Balaban J connectivity index is 1.63. The molecule has 150 valence electrons. The van der Waals surface area contributed by atoms with E-state index in [2.05, 4.69) is 20.3 Å². The summed E-state index contributed by atoms with van der Waals surface area (Å²) in [5, 5.41) is 25.1. The number of nitrogens with one attached hydrogen (secondary N) is 1. The Kier molecular flexibility index (Phi) is 5.29. The van der Waals surface area contributed by atoms with Crippen LogP contribution in [0.2, 0.25) is 0 Å². The second-order valence-electron chi connectivity index (χ2n) is 7.64. The standard InChI is InChI=1S/C22H24N4O3/c1-13(14-7-3-2-4-8-14)24-21(28)18-19(27)22(29)26-20(25-18)17-11-15-9-5-6-10-16(15)12-23-17/h5-6,9-14,27H,2-4,7-8H2,1H3,(H,24,28)(H,25,26,29). The van der Waals surface area contributed by atoms with Gasteiger partial charge >= 0.3 is 0 Å². The molecule has 1 aromatic carbocycles. The van der Waals surface area contributed by atoms with Crippen LogP contribution >= 0.6 is 0 Å². The third-order valence-electron chi connectivity index (χ3n) is 5.66. The Labute approximate surface area is 168 Å². The summed E-state index contributed by atoms with van der Waals surface area (Å²) < 4.78 is 0. The van der Waals surface area contributed by atoms with Crippen LogP contribution in [0.15, 0.2) is 36.5 Å². The lowest BCUT2D eigenvalue weighted by Gasteiger charge is -2.28. The summed E-state index contributed by atoms with van der Waals surface area (Å²) in [6.45, 7) is 1.97. The zero-order chi connectivity index (χ0) is 20.4. The molecule has 0 spiro atoms. The van der Waals surface area contributed by atoms with Gasteiger partial charge in [-0.15, -0.1) is 0 Å². The van der Waals surface area contributed by atoms with Crippen molar-refractivity contribution < 1.29 is 15.0 Å². The summed E-state index contributed by atoms with van der Waals surface area (Å²) in [6.07, 6.45) is 7.41. The molecule has 1 amide bonds. The molecular weight excluding hydrogens is 368 g/mol. The topological polar surface area (TPSA) is 108 Å². The normalized spacial score (nSPS) is 15.9. The molecule has 29 heavy (non-hydrogen) atoms. The van der Waals surface area contributed by atoms with Gasteiger partial charge in [-0.05, 0) is 37.1 Å². The molecule has 1 aliphatic carbocycles. The number of hydrogen-bond acceptors (Lipinski definition) is 6. The minimum atomic E-state index is -0.638. The first-order valence-electron chi connectivity index (χ1n) is 9.99. The average Bonchev–Trinajstić information content (AvgIpc) is 2.75. The first-order valence-corrected chi connectivity index (χ1v) is 9.99. The van der Waals surface area contributed by atoms with Crippen LogP contribution in [0, 0.1) is 5.92 Å². The van der Waals surface area contributed by atoms with E-state index >= 15 is 0 Å². The Morgan fingerprint density at radius 2 is 1.83 bits per heavy atom. The third kappa shape index (κ3) is 3.99. The minimum Gasteiger partial charge on any atom is -0.501 e. The molecule has 1 saturated carbocycles. The maximum atomic E-state index is 12.8. The van der Waals surface area contributed by atoms with Crippen LogP contribution in [0.25, 0.3) is 22.3 Å². The lowest BCUT2D eigenvalue weighted by Crippen LogP contribution is -2.39. The van der Waals surface area contributed by atoms with Gasteiger partial charge in [0.25, 0.3) is 11.8 Å². The van der Waals surface area contributed by atoms with Gasteiger partial charge in [-0.25, -0.2) is 4.98 Å². The van der Waals surface area contributed by atoms with E-state index in [0.717, 1.165) is 23.6 Å². The summed E-state index contributed by atoms with van der Waals surface area (Å²) in [5.41, 5.74) is 0.165. The maximum Gasteiger partial charge on any atom is 0.274 e. The molecule has 7 heteroatoms. The number of pyridine rings is 1. The van der Waals surface area contributed by atoms with Crippen LogP contribution in [0.3, 0.4) is 0 Å². The van der Waals surface area contributed by atoms with Crippen molar-refractivity contribution in [3.8, 4) is 23.1 Å². The number of aromatic nitrogens is 3. The number of fused-ring (bicyclic) bond motifs is 1. The van der Waals surface area contributed by atoms with Crippen molar-refractivity contribution in [1.82, 2.24) is 20.3 Å². The van der Waals surface area contributed by atoms with Gasteiger partial charge in [0, 0.05) is 17.6 Å². The summed E-state index contributed by atoms with van der Waals surface area (Å²) in [7, 11) is 0. The van der Waals surface area contributed by atoms with Gasteiger partial charge in [0.15, 0.2) is 11.5 Å². The fraction of sp³-hybridized carbons (Fsp3) is 0.364. The van der Waals surface area contributed by atoms with E-state index in [1.165, 1.54) is 19.3 Å². The van der Waals surface area contributed by atoms with E-state index < -0.39 is 17.5 Å². The Morgan fingerprint density at radius 1 is 1.10 bits per heavy atom. The number of amides is 1. The van der Waals surface area contributed by atoms with E-state index in [-0.39, 0.29) is 17.6 Å². The van der Waals surface area contributed by atoms with Gasteiger partial charge in [-0.2, -0.15) is 4.98 Å². The summed E-state index contributed by atoms with van der Waals surface area (Å²) >= 11 is 0. The van der Waals surface area contributed by atoms with E-state index in [9.17, 15) is 15.0 Å². The number of aromatic hydroxyl groups is 2. The van der Waals surface area contributed by atoms with Crippen molar-refractivity contribution in [3.63, 3.8) is 0 Å². The van der Waals surface area contributed by atoms with Gasteiger partial charge < -0.3 is 15.5 Å². The van der Waals surface area contributed by atoms with Crippen molar-refractivity contribution in [3.05, 3.63) is 42.2 Å². The highest BCUT2D eigenvalue weighted by atomic mass is 16.3. The molecule has 4 rings (SSSR count). The zero-order valence-electron chi connectivity index (χ0n) is 16.3. The van der Waals surface area contributed by atoms with Gasteiger partial charge in [-0.3, -0.25) is 9.78 Å². The number of carbonyl (C=O) groups is 1. The van der Waals surface area contributed by atoms with Crippen LogP contribution < -0.4 is 5.32 Å². The number of hydrogen-bond donors (Lipinski definition) is 3. The monoisotopic (exact) mass is 392 g/mol. The maximum absolute atomic E-state index is 12.8. The van der Waals surface area contributed by atoms with Crippen molar-refractivity contribution >= 4 is 16.7 Å². The minimum absolute atomic E-state index is 0.0402. The van der Waals surface area contributed by atoms with Crippen LogP contribution in [-0.4, -0.2) is 37.1 Å². The number of nitrogens with zero attached hydrogens (tertiary/aromatic N) is 3. The molecule has 1 aliphatic rings. The zero-order valence-corrected chi connectivity index (χ0v) is 16.3. The van der Waals surface area contributed by atoms with Gasteiger partial charge in [0.2, 0.25) is 5.75 Å². The molecule has 2 aromatic heterocycles. The molecule has 3 N–H and O–H groups in total. The largest absolute Gasteiger partial charge is 0.501 e. The molecule has 1 unspecified atom stereocenters. The highest BCUT2D eigenvalue weighted by Gasteiger charge is 2.26. The van der Waals surface area contributed by atoms with Crippen molar-refractivity contribution in [1.29, 1.82) is 0 Å². The lowest BCUT2D eigenvalue weighted by atomic mass is 9.84. The smallest absolute Gasteiger partial charge is 0.274 e. The summed E-state index contributed by atoms with van der Waals surface area (Å²) in [5.74, 6) is -1.29. The quantitative estimate of drug-likeness (QED) is 0.623. The second kappa shape index (κ2) is 8.03. The SMILES string of the molecule is CC(NC(=O)c1nc(-c2cc3ccccc3cn2)nc(O)c1O)C1CCCCC1. The van der Waals surface area contributed by atoms with E-state index in [1.54, 1.807) is 12.3 Å². The van der Waals surface area contributed by atoms with E-state index in [1.807, 2.05) is 31.2 Å². The first-order chi connectivity index (χ1) is 14.0. The molecule has 3 aromatic rings. The molecule has 0 bridgehead atoms. The molecule has 2 heterocycles. The fourth-order valence-electron chi connectivity index (χ4n) is 3.95. The number of rotatable bonds is 4. The lowest BCUT2D eigenvalue weighted by molar-refractivity contribution is 0.0910.